The minimum atomic E-state index is 0.425. The van der Waals surface area contributed by atoms with Crippen molar-refractivity contribution in [2.75, 3.05) is 5.73 Å². The van der Waals surface area contributed by atoms with Crippen molar-refractivity contribution in [1.29, 1.82) is 5.26 Å². The highest BCUT2D eigenvalue weighted by molar-refractivity contribution is 5.86. The van der Waals surface area contributed by atoms with Crippen LogP contribution in [-0.2, 0) is 13.0 Å². The number of aromatic nitrogens is 2. The zero-order chi connectivity index (χ0) is 18.8. The molecule has 4 rings (SSSR count). The standard InChI is InChI=1S/C23H20N4/c1-16-6-4-7-17(12-16)15-27-23(25)21(14-24)22(26-27)13-19-10-5-9-18-8-2-3-11-20(18)19/h2-12H,13,15,25H2,1H3. The summed E-state index contributed by atoms with van der Waals surface area (Å²) in [5, 5.41) is 16.7. The minimum Gasteiger partial charge on any atom is -0.383 e. The number of rotatable bonds is 4. The highest BCUT2D eigenvalue weighted by Crippen LogP contribution is 2.25. The molecule has 0 radical (unpaired) electrons. The van der Waals surface area contributed by atoms with E-state index in [0.717, 1.165) is 16.8 Å². The van der Waals surface area contributed by atoms with Crippen LogP contribution in [0.3, 0.4) is 0 Å². The molecule has 0 aliphatic carbocycles. The molecule has 4 nitrogen and oxygen atoms in total. The molecule has 0 saturated heterocycles. The van der Waals surface area contributed by atoms with Crippen LogP contribution in [0.25, 0.3) is 10.8 Å². The van der Waals surface area contributed by atoms with E-state index in [1.807, 2.05) is 30.3 Å². The number of hydrogen-bond donors (Lipinski definition) is 1. The summed E-state index contributed by atoms with van der Waals surface area (Å²) in [6.45, 7) is 2.61. The Bertz CT molecular complexity index is 1160. The Labute approximate surface area is 158 Å². The van der Waals surface area contributed by atoms with E-state index in [0.29, 0.717) is 24.3 Å². The van der Waals surface area contributed by atoms with Crippen molar-refractivity contribution in [2.24, 2.45) is 0 Å². The molecule has 0 spiro atoms. The fourth-order valence-electron chi connectivity index (χ4n) is 3.50. The third-order valence-corrected chi connectivity index (χ3v) is 4.83. The van der Waals surface area contributed by atoms with E-state index < -0.39 is 0 Å². The SMILES string of the molecule is Cc1cccc(Cn2nc(Cc3cccc4ccccc34)c(C#N)c2N)c1. The summed E-state index contributed by atoms with van der Waals surface area (Å²) >= 11 is 0. The van der Waals surface area contributed by atoms with Gasteiger partial charge >= 0.3 is 0 Å². The topological polar surface area (TPSA) is 67.6 Å². The van der Waals surface area contributed by atoms with E-state index in [-0.39, 0.29) is 0 Å². The van der Waals surface area contributed by atoms with Gasteiger partial charge in [-0.25, -0.2) is 4.68 Å². The Morgan fingerprint density at radius 3 is 2.63 bits per heavy atom. The Morgan fingerprint density at radius 1 is 1.04 bits per heavy atom. The van der Waals surface area contributed by atoms with E-state index >= 15 is 0 Å². The van der Waals surface area contributed by atoms with Gasteiger partial charge in [-0.2, -0.15) is 10.4 Å². The van der Waals surface area contributed by atoms with Gasteiger partial charge in [-0.3, -0.25) is 0 Å². The number of fused-ring (bicyclic) bond motifs is 1. The summed E-state index contributed by atoms with van der Waals surface area (Å²) in [6.07, 6.45) is 0.579. The molecule has 0 atom stereocenters. The van der Waals surface area contributed by atoms with Gasteiger partial charge in [0.25, 0.3) is 0 Å². The number of nitriles is 1. The number of aryl methyl sites for hydroxylation is 1. The molecule has 0 unspecified atom stereocenters. The fraction of sp³-hybridized carbons (Fsp3) is 0.130. The molecule has 1 aromatic heterocycles. The summed E-state index contributed by atoms with van der Waals surface area (Å²) in [7, 11) is 0. The van der Waals surface area contributed by atoms with Crippen LogP contribution in [0.2, 0.25) is 0 Å². The summed E-state index contributed by atoms with van der Waals surface area (Å²) in [4.78, 5) is 0. The van der Waals surface area contributed by atoms with Crippen molar-refractivity contribution in [1.82, 2.24) is 9.78 Å². The highest BCUT2D eigenvalue weighted by atomic mass is 15.3. The van der Waals surface area contributed by atoms with Crippen LogP contribution in [-0.4, -0.2) is 9.78 Å². The quantitative estimate of drug-likeness (QED) is 0.590. The summed E-state index contributed by atoms with van der Waals surface area (Å²) < 4.78 is 1.73. The zero-order valence-electron chi connectivity index (χ0n) is 15.2. The molecule has 0 amide bonds. The first kappa shape index (κ1) is 16.9. The predicted octanol–water partition coefficient (Wildman–Crippen LogP) is 4.44. The number of nitrogens with two attached hydrogens (primary N) is 1. The molecule has 0 saturated carbocycles. The first-order valence-electron chi connectivity index (χ1n) is 8.93. The molecule has 0 aliphatic rings. The molecule has 0 aliphatic heterocycles. The highest BCUT2D eigenvalue weighted by Gasteiger charge is 2.17. The van der Waals surface area contributed by atoms with Crippen LogP contribution in [0.1, 0.15) is 27.9 Å². The van der Waals surface area contributed by atoms with Gasteiger partial charge in [0, 0.05) is 6.42 Å². The number of benzene rings is 3. The number of nitrogens with zero attached hydrogens (tertiary/aromatic N) is 3. The lowest BCUT2D eigenvalue weighted by Crippen LogP contribution is -2.06. The average Bonchev–Trinajstić information content (AvgIpc) is 2.96. The monoisotopic (exact) mass is 352 g/mol. The third-order valence-electron chi connectivity index (χ3n) is 4.83. The Balaban J connectivity index is 1.72. The van der Waals surface area contributed by atoms with Gasteiger partial charge in [0.2, 0.25) is 0 Å². The molecule has 4 aromatic rings. The second-order valence-electron chi connectivity index (χ2n) is 6.78. The van der Waals surface area contributed by atoms with E-state index in [9.17, 15) is 5.26 Å². The van der Waals surface area contributed by atoms with Gasteiger partial charge < -0.3 is 5.73 Å². The van der Waals surface area contributed by atoms with Crippen LogP contribution in [0, 0.1) is 18.3 Å². The van der Waals surface area contributed by atoms with E-state index in [4.69, 9.17) is 5.73 Å². The zero-order valence-corrected chi connectivity index (χ0v) is 15.2. The normalized spacial score (nSPS) is 10.8. The van der Waals surface area contributed by atoms with E-state index in [2.05, 4.69) is 54.5 Å². The fourth-order valence-corrected chi connectivity index (χ4v) is 3.50. The van der Waals surface area contributed by atoms with Gasteiger partial charge in [-0.1, -0.05) is 72.3 Å². The van der Waals surface area contributed by atoms with Gasteiger partial charge in [-0.05, 0) is 28.8 Å². The van der Waals surface area contributed by atoms with Crippen molar-refractivity contribution >= 4 is 16.6 Å². The van der Waals surface area contributed by atoms with Crippen molar-refractivity contribution in [3.63, 3.8) is 0 Å². The number of anilines is 1. The van der Waals surface area contributed by atoms with Crippen molar-refractivity contribution in [3.05, 3.63) is 94.7 Å². The molecule has 0 fully saturated rings. The maximum absolute atomic E-state index is 9.63. The first-order chi connectivity index (χ1) is 13.2. The molecule has 4 heteroatoms. The Morgan fingerprint density at radius 2 is 1.81 bits per heavy atom. The molecule has 27 heavy (non-hydrogen) atoms. The van der Waals surface area contributed by atoms with E-state index in [1.54, 1.807) is 4.68 Å². The van der Waals surface area contributed by atoms with Crippen molar-refractivity contribution in [3.8, 4) is 6.07 Å². The number of nitrogen functional groups attached to an aromatic ring is 1. The van der Waals surface area contributed by atoms with Crippen molar-refractivity contribution < 1.29 is 0 Å². The van der Waals surface area contributed by atoms with Gasteiger partial charge in [-0.15, -0.1) is 0 Å². The Hall–Kier alpha value is -3.58. The van der Waals surface area contributed by atoms with E-state index in [1.165, 1.54) is 16.3 Å². The average molecular weight is 352 g/mol. The molecule has 3 aromatic carbocycles. The lowest BCUT2D eigenvalue weighted by atomic mass is 10.00. The summed E-state index contributed by atoms with van der Waals surface area (Å²) in [5.41, 5.74) is 10.9. The largest absolute Gasteiger partial charge is 0.383 e. The maximum atomic E-state index is 9.63. The third kappa shape index (κ3) is 3.28. The molecular formula is C23H20N4. The second-order valence-corrected chi connectivity index (χ2v) is 6.78. The lowest BCUT2D eigenvalue weighted by molar-refractivity contribution is 0.684. The van der Waals surface area contributed by atoms with Crippen LogP contribution in [0.5, 0.6) is 0 Å². The molecule has 0 bridgehead atoms. The predicted molar refractivity (Wildman–Crippen MR) is 108 cm³/mol. The van der Waals surface area contributed by atoms with Gasteiger partial charge in [0.1, 0.15) is 17.5 Å². The second kappa shape index (κ2) is 6.97. The molecular weight excluding hydrogens is 332 g/mol. The minimum absolute atomic E-state index is 0.425. The molecule has 132 valence electrons. The molecule has 2 N–H and O–H groups in total. The maximum Gasteiger partial charge on any atom is 0.140 e. The number of hydrogen-bond acceptors (Lipinski definition) is 3. The van der Waals surface area contributed by atoms with Crippen LogP contribution in [0.4, 0.5) is 5.82 Å². The van der Waals surface area contributed by atoms with Crippen LogP contribution < -0.4 is 5.73 Å². The van der Waals surface area contributed by atoms with Crippen molar-refractivity contribution in [2.45, 2.75) is 19.9 Å². The van der Waals surface area contributed by atoms with Gasteiger partial charge in [0.05, 0.1) is 12.2 Å². The van der Waals surface area contributed by atoms with Gasteiger partial charge in [0.15, 0.2) is 0 Å². The summed E-state index contributed by atoms with van der Waals surface area (Å²) in [5.74, 6) is 0.425. The first-order valence-corrected chi connectivity index (χ1v) is 8.93. The van der Waals surface area contributed by atoms with Crippen LogP contribution >= 0.6 is 0 Å². The summed E-state index contributed by atoms with van der Waals surface area (Å²) in [6, 6.07) is 24.9. The smallest absolute Gasteiger partial charge is 0.140 e. The Kier molecular flexibility index (Phi) is 4.35. The molecule has 1 heterocycles. The lowest BCUT2D eigenvalue weighted by Gasteiger charge is -2.06. The van der Waals surface area contributed by atoms with Crippen LogP contribution in [0.15, 0.2) is 66.7 Å².